The summed E-state index contributed by atoms with van der Waals surface area (Å²) in [7, 11) is 0. The third-order valence-electron chi connectivity index (χ3n) is 2.47. The van der Waals surface area contributed by atoms with Gasteiger partial charge in [-0.15, -0.1) is 11.3 Å². The number of rotatable bonds is 5. The highest BCUT2D eigenvalue weighted by molar-refractivity contribution is 7.15. The smallest absolute Gasteiger partial charge is 0.195 e. The van der Waals surface area contributed by atoms with E-state index in [9.17, 15) is 0 Å². The van der Waals surface area contributed by atoms with Crippen molar-refractivity contribution >= 4 is 34.0 Å². The van der Waals surface area contributed by atoms with Gasteiger partial charge < -0.3 is 5.32 Å². The van der Waals surface area contributed by atoms with Crippen LogP contribution in [0.25, 0.3) is 11.0 Å². The standard InChI is InChI=1S/C12H16ClN3S/c1-3-4-14-8-9(2)7-10-11(13)15-12-16(10)5-6-17-12/h5-7,14H,3-4,8H2,1-2H3. The minimum Gasteiger partial charge on any atom is -0.313 e. The van der Waals surface area contributed by atoms with Crippen molar-refractivity contribution in [3.8, 4) is 0 Å². The van der Waals surface area contributed by atoms with Crippen LogP contribution in [0.1, 0.15) is 26.0 Å². The van der Waals surface area contributed by atoms with Crippen molar-refractivity contribution in [3.05, 3.63) is 28.0 Å². The molecule has 0 saturated carbocycles. The monoisotopic (exact) mass is 269 g/mol. The first kappa shape index (κ1) is 12.6. The van der Waals surface area contributed by atoms with Gasteiger partial charge in [0.2, 0.25) is 0 Å². The molecule has 5 heteroatoms. The summed E-state index contributed by atoms with van der Waals surface area (Å²) in [5, 5.41) is 5.96. The molecule has 0 amide bonds. The predicted molar refractivity (Wildman–Crippen MR) is 74.9 cm³/mol. The average molecular weight is 270 g/mol. The van der Waals surface area contributed by atoms with Crippen molar-refractivity contribution < 1.29 is 0 Å². The lowest BCUT2D eigenvalue weighted by molar-refractivity contribution is 0.715. The van der Waals surface area contributed by atoms with E-state index in [0.717, 1.165) is 30.2 Å². The van der Waals surface area contributed by atoms with Crippen LogP contribution in [0.2, 0.25) is 5.15 Å². The highest BCUT2D eigenvalue weighted by Gasteiger charge is 2.08. The van der Waals surface area contributed by atoms with Crippen molar-refractivity contribution in [2.75, 3.05) is 13.1 Å². The first-order valence-electron chi connectivity index (χ1n) is 5.71. The van der Waals surface area contributed by atoms with Gasteiger partial charge >= 0.3 is 0 Å². The number of hydrogen-bond donors (Lipinski definition) is 1. The number of halogens is 1. The van der Waals surface area contributed by atoms with E-state index in [2.05, 4.69) is 30.2 Å². The van der Waals surface area contributed by atoms with E-state index in [1.165, 1.54) is 5.57 Å². The van der Waals surface area contributed by atoms with Crippen LogP contribution >= 0.6 is 22.9 Å². The zero-order valence-corrected chi connectivity index (χ0v) is 11.6. The quantitative estimate of drug-likeness (QED) is 0.843. The number of hydrogen-bond acceptors (Lipinski definition) is 3. The van der Waals surface area contributed by atoms with E-state index in [-0.39, 0.29) is 0 Å². The van der Waals surface area contributed by atoms with Gasteiger partial charge in [0.15, 0.2) is 10.1 Å². The second kappa shape index (κ2) is 5.67. The first-order chi connectivity index (χ1) is 8.22. The maximum atomic E-state index is 6.12. The van der Waals surface area contributed by atoms with E-state index < -0.39 is 0 Å². The third-order valence-corrected chi connectivity index (χ3v) is 3.50. The van der Waals surface area contributed by atoms with Crippen LogP contribution in [-0.4, -0.2) is 22.5 Å². The Labute approximate surface area is 110 Å². The summed E-state index contributed by atoms with van der Waals surface area (Å²) in [4.78, 5) is 5.24. The van der Waals surface area contributed by atoms with Crippen LogP contribution in [0.4, 0.5) is 0 Å². The summed E-state index contributed by atoms with van der Waals surface area (Å²) in [6.07, 6.45) is 5.24. The molecule has 92 valence electrons. The Morgan fingerprint density at radius 1 is 1.65 bits per heavy atom. The summed E-state index contributed by atoms with van der Waals surface area (Å²) >= 11 is 7.72. The van der Waals surface area contributed by atoms with Gasteiger partial charge in [-0.05, 0) is 26.0 Å². The van der Waals surface area contributed by atoms with Gasteiger partial charge in [-0.25, -0.2) is 4.98 Å². The lowest BCUT2D eigenvalue weighted by Crippen LogP contribution is -2.16. The van der Waals surface area contributed by atoms with Gasteiger partial charge in [0.1, 0.15) is 0 Å². The van der Waals surface area contributed by atoms with Gasteiger partial charge in [-0.2, -0.15) is 0 Å². The van der Waals surface area contributed by atoms with Gasteiger partial charge in [0, 0.05) is 18.1 Å². The van der Waals surface area contributed by atoms with Crippen molar-refractivity contribution in [3.63, 3.8) is 0 Å². The Morgan fingerprint density at radius 2 is 2.47 bits per heavy atom. The minimum absolute atomic E-state index is 0.576. The molecule has 2 rings (SSSR count). The molecule has 0 radical (unpaired) electrons. The minimum atomic E-state index is 0.576. The number of nitrogens with zero attached hydrogens (tertiary/aromatic N) is 2. The lowest BCUT2D eigenvalue weighted by Gasteiger charge is -2.03. The van der Waals surface area contributed by atoms with Gasteiger partial charge in [0.25, 0.3) is 0 Å². The number of fused-ring (bicyclic) bond motifs is 1. The fourth-order valence-electron chi connectivity index (χ4n) is 1.65. The zero-order chi connectivity index (χ0) is 12.3. The van der Waals surface area contributed by atoms with Crippen LogP contribution in [0.3, 0.4) is 0 Å². The molecule has 0 aliphatic heterocycles. The van der Waals surface area contributed by atoms with Crippen molar-refractivity contribution in [1.29, 1.82) is 0 Å². The molecular weight excluding hydrogens is 254 g/mol. The molecule has 2 heterocycles. The van der Waals surface area contributed by atoms with E-state index >= 15 is 0 Å². The Bertz CT molecular complexity index is 527. The fraction of sp³-hybridized carbons (Fsp3) is 0.417. The summed E-state index contributed by atoms with van der Waals surface area (Å²) < 4.78 is 2.02. The summed E-state index contributed by atoms with van der Waals surface area (Å²) in [6.45, 7) is 6.19. The molecule has 0 aliphatic carbocycles. The molecule has 1 N–H and O–H groups in total. The summed E-state index contributed by atoms with van der Waals surface area (Å²) in [5.41, 5.74) is 2.23. The molecular formula is C12H16ClN3S. The summed E-state index contributed by atoms with van der Waals surface area (Å²) in [5.74, 6) is 0. The SMILES string of the molecule is CCCNCC(C)=Cc1c(Cl)nc2sccn12. The number of thiazole rings is 1. The molecule has 0 bridgehead atoms. The largest absolute Gasteiger partial charge is 0.313 e. The first-order valence-corrected chi connectivity index (χ1v) is 6.97. The molecule has 0 fully saturated rings. The maximum Gasteiger partial charge on any atom is 0.195 e. The van der Waals surface area contributed by atoms with Crippen LogP contribution in [0.5, 0.6) is 0 Å². The van der Waals surface area contributed by atoms with E-state index in [0.29, 0.717) is 5.15 Å². The van der Waals surface area contributed by atoms with Crippen LogP contribution < -0.4 is 5.32 Å². The number of imidazole rings is 1. The molecule has 17 heavy (non-hydrogen) atoms. The highest BCUT2D eigenvalue weighted by atomic mass is 35.5. The third kappa shape index (κ3) is 2.89. The Kier molecular flexibility index (Phi) is 4.20. The molecule has 0 aromatic carbocycles. The maximum absolute atomic E-state index is 6.12. The lowest BCUT2D eigenvalue weighted by atomic mass is 10.2. The topological polar surface area (TPSA) is 29.3 Å². The Morgan fingerprint density at radius 3 is 3.24 bits per heavy atom. The molecule has 0 spiro atoms. The second-order valence-electron chi connectivity index (χ2n) is 4.01. The summed E-state index contributed by atoms with van der Waals surface area (Å²) in [6, 6.07) is 0. The Hall–Kier alpha value is -0.840. The van der Waals surface area contributed by atoms with Crippen LogP contribution in [-0.2, 0) is 0 Å². The van der Waals surface area contributed by atoms with E-state index in [1.807, 2.05) is 16.0 Å². The molecule has 0 aliphatic rings. The van der Waals surface area contributed by atoms with Crippen LogP contribution in [0.15, 0.2) is 17.2 Å². The van der Waals surface area contributed by atoms with E-state index in [4.69, 9.17) is 11.6 Å². The number of aromatic nitrogens is 2. The highest BCUT2D eigenvalue weighted by Crippen LogP contribution is 2.23. The van der Waals surface area contributed by atoms with Gasteiger partial charge in [-0.1, -0.05) is 24.1 Å². The normalized spacial score (nSPS) is 12.5. The molecule has 0 unspecified atom stereocenters. The van der Waals surface area contributed by atoms with Gasteiger partial charge in [-0.3, -0.25) is 4.40 Å². The predicted octanol–water partition coefficient (Wildman–Crippen LogP) is 3.45. The fourth-order valence-corrected chi connectivity index (χ4v) is 2.65. The van der Waals surface area contributed by atoms with Crippen molar-refractivity contribution in [2.24, 2.45) is 0 Å². The number of nitrogens with one attached hydrogen (secondary N) is 1. The Balaban J connectivity index is 2.18. The van der Waals surface area contributed by atoms with Crippen molar-refractivity contribution in [2.45, 2.75) is 20.3 Å². The molecule has 0 saturated heterocycles. The second-order valence-corrected chi connectivity index (χ2v) is 5.24. The molecule has 3 nitrogen and oxygen atoms in total. The average Bonchev–Trinajstić information content (AvgIpc) is 2.83. The van der Waals surface area contributed by atoms with Crippen molar-refractivity contribution in [1.82, 2.24) is 14.7 Å². The zero-order valence-electron chi connectivity index (χ0n) is 10.0. The van der Waals surface area contributed by atoms with E-state index in [1.54, 1.807) is 11.3 Å². The molecule has 2 aromatic heterocycles. The van der Waals surface area contributed by atoms with Gasteiger partial charge in [0.05, 0.1) is 5.69 Å². The van der Waals surface area contributed by atoms with Crippen LogP contribution in [0, 0.1) is 0 Å². The molecule has 2 aromatic rings. The molecule has 0 atom stereocenters.